The minimum Gasteiger partial charge on any atom is -0.495 e. The largest absolute Gasteiger partial charge is 0.495 e. The number of aromatic nitrogens is 3. The fourth-order valence-corrected chi connectivity index (χ4v) is 1.41. The van der Waals surface area contributed by atoms with E-state index in [1.165, 1.54) is 19.5 Å². The van der Waals surface area contributed by atoms with Crippen molar-refractivity contribution in [3.05, 3.63) is 35.2 Å². The molecule has 2 aromatic heterocycles. The average molecular weight is 237 g/mol. The summed E-state index contributed by atoms with van der Waals surface area (Å²) >= 11 is 4.84. The van der Waals surface area contributed by atoms with Crippen molar-refractivity contribution in [2.75, 3.05) is 7.11 Å². The number of rotatable bonds is 2. The summed E-state index contributed by atoms with van der Waals surface area (Å²) in [7, 11) is 1.52. The number of hydrogen-bond acceptors (Lipinski definition) is 4. The molecular formula is C10H8FN3OS. The summed E-state index contributed by atoms with van der Waals surface area (Å²) in [4.78, 5) is 10.3. The summed E-state index contributed by atoms with van der Waals surface area (Å²) < 4.78 is 18.7. The molecule has 0 amide bonds. The van der Waals surface area contributed by atoms with Crippen LogP contribution in [0, 0.1) is 10.6 Å². The molecule has 4 nitrogen and oxygen atoms in total. The zero-order valence-corrected chi connectivity index (χ0v) is 9.21. The molecular weight excluding hydrogens is 229 g/mol. The lowest BCUT2D eigenvalue weighted by Crippen LogP contribution is -1.94. The van der Waals surface area contributed by atoms with Crippen molar-refractivity contribution in [1.29, 1.82) is 0 Å². The van der Waals surface area contributed by atoms with Crippen LogP contribution < -0.4 is 4.74 Å². The van der Waals surface area contributed by atoms with E-state index in [-0.39, 0.29) is 10.5 Å². The molecule has 0 atom stereocenters. The molecule has 6 heteroatoms. The number of nitrogens with one attached hydrogen (secondary N) is 1. The van der Waals surface area contributed by atoms with E-state index in [0.717, 1.165) is 6.20 Å². The molecule has 0 aliphatic rings. The third kappa shape index (κ3) is 2.06. The van der Waals surface area contributed by atoms with Gasteiger partial charge in [0.2, 0.25) is 0 Å². The monoisotopic (exact) mass is 237 g/mol. The maximum atomic E-state index is 13.5. The van der Waals surface area contributed by atoms with Gasteiger partial charge in [-0.1, -0.05) is 0 Å². The maximum Gasteiger partial charge on any atom is 0.197 e. The van der Waals surface area contributed by atoms with Crippen molar-refractivity contribution in [2.45, 2.75) is 0 Å². The summed E-state index contributed by atoms with van der Waals surface area (Å²) in [6.07, 6.45) is 4.14. The lowest BCUT2D eigenvalue weighted by Gasteiger charge is -2.04. The van der Waals surface area contributed by atoms with Crippen molar-refractivity contribution < 1.29 is 9.13 Å². The highest BCUT2D eigenvalue weighted by molar-refractivity contribution is 7.71. The van der Waals surface area contributed by atoms with E-state index in [1.807, 2.05) is 0 Å². The fraction of sp³-hybridized carbons (Fsp3) is 0.100. The van der Waals surface area contributed by atoms with E-state index in [9.17, 15) is 4.39 Å². The lowest BCUT2D eigenvalue weighted by atomic mass is 10.2. The maximum absolute atomic E-state index is 13.5. The quantitative estimate of drug-likeness (QED) is 0.814. The second-order valence-electron chi connectivity index (χ2n) is 3.02. The average Bonchev–Trinajstić information content (AvgIpc) is 2.32. The van der Waals surface area contributed by atoms with Crippen molar-refractivity contribution in [1.82, 2.24) is 15.0 Å². The summed E-state index contributed by atoms with van der Waals surface area (Å²) in [5, 5.41) is 0. The van der Waals surface area contributed by atoms with Gasteiger partial charge in [-0.15, -0.1) is 0 Å². The van der Waals surface area contributed by atoms with E-state index in [1.54, 1.807) is 6.07 Å². The Kier molecular flexibility index (Phi) is 2.91. The van der Waals surface area contributed by atoms with E-state index in [2.05, 4.69) is 15.0 Å². The van der Waals surface area contributed by atoms with Crippen LogP contribution >= 0.6 is 12.2 Å². The standard InChI is InChI=1S/C10H8FN3OS/c1-15-7-2-6(3-12-4-7)9-8(11)5-13-10(16)14-9/h2-5H,1H3,(H,13,14,16). The van der Waals surface area contributed by atoms with Crippen LogP contribution in [0.25, 0.3) is 11.3 Å². The SMILES string of the molecule is COc1cncc(-c2[nH]c(=S)ncc2F)c1. The summed E-state index contributed by atoms with van der Waals surface area (Å²) in [6.45, 7) is 0. The van der Waals surface area contributed by atoms with Gasteiger partial charge in [0, 0.05) is 11.8 Å². The number of nitrogens with zero attached hydrogens (tertiary/aromatic N) is 2. The summed E-state index contributed by atoms with van der Waals surface area (Å²) in [5.41, 5.74) is 0.816. The van der Waals surface area contributed by atoms with E-state index in [0.29, 0.717) is 11.3 Å². The highest BCUT2D eigenvalue weighted by Crippen LogP contribution is 2.22. The van der Waals surface area contributed by atoms with Gasteiger partial charge in [-0.2, -0.15) is 0 Å². The number of halogens is 1. The van der Waals surface area contributed by atoms with Crippen molar-refractivity contribution in [3.63, 3.8) is 0 Å². The smallest absolute Gasteiger partial charge is 0.197 e. The molecule has 16 heavy (non-hydrogen) atoms. The number of pyridine rings is 1. The van der Waals surface area contributed by atoms with Gasteiger partial charge in [0.05, 0.1) is 25.2 Å². The third-order valence-corrected chi connectivity index (χ3v) is 2.21. The second kappa shape index (κ2) is 4.36. The van der Waals surface area contributed by atoms with Gasteiger partial charge in [-0.25, -0.2) is 9.37 Å². The fourth-order valence-electron chi connectivity index (χ4n) is 1.26. The minimum absolute atomic E-state index is 0.221. The minimum atomic E-state index is -0.483. The third-order valence-electron chi connectivity index (χ3n) is 2.00. The second-order valence-corrected chi connectivity index (χ2v) is 3.41. The van der Waals surface area contributed by atoms with Gasteiger partial charge in [-0.05, 0) is 18.3 Å². The Morgan fingerprint density at radius 3 is 2.94 bits per heavy atom. The van der Waals surface area contributed by atoms with E-state index in [4.69, 9.17) is 17.0 Å². The van der Waals surface area contributed by atoms with Crippen LogP contribution in [0.15, 0.2) is 24.7 Å². The molecule has 2 heterocycles. The first-order valence-corrected chi connectivity index (χ1v) is 4.86. The number of aromatic amines is 1. The number of H-pyrrole nitrogens is 1. The van der Waals surface area contributed by atoms with Crippen LogP contribution in [-0.2, 0) is 0 Å². The lowest BCUT2D eigenvalue weighted by molar-refractivity contribution is 0.413. The van der Waals surface area contributed by atoms with Gasteiger partial charge in [-0.3, -0.25) is 4.98 Å². The molecule has 0 aliphatic heterocycles. The Hall–Kier alpha value is -1.82. The molecule has 0 spiro atoms. The van der Waals surface area contributed by atoms with Crippen molar-refractivity contribution in [2.24, 2.45) is 0 Å². The molecule has 0 aliphatic carbocycles. The molecule has 0 saturated heterocycles. The van der Waals surface area contributed by atoms with Crippen LogP contribution in [0.5, 0.6) is 5.75 Å². The summed E-state index contributed by atoms with van der Waals surface area (Å²) in [5.74, 6) is 0.0664. The molecule has 1 N–H and O–H groups in total. The molecule has 0 aromatic carbocycles. The molecule has 2 aromatic rings. The highest BCUT2D eigenvalue weighted by Gasteiger charge is 2.07. The zero-order valence-electron chi connectivity index (χ0n) is 8.40. The zero-order chi connectivity index (χ0) is 11.5. The van der Waals surface area contributed by atoms with Gasteiger partial charge < -0.3 is 9.72 Å². The highest BCUT2D eigenvalue weighted by atomic mass is 32.1. The van der Waals surface area contributed by atoms with Crippen LogP contribution in [0.4, 0.5) is 4.39 Å². The molecule has 82 valence electrons. The Labute approximate surface area is 96.2 Å². The Morgan fingerprint density at radius 1 is 1.38 bits per heavy atom. The Balaban J connectivity index is 2.57. The normalized spacial score (nSPS) is 10.1. The Morgan fingerprint density at radius 2 is 2.19 bits per heavy atom. The molecule has 2 rings (SSSR count). The van der Waals surface area contributed by atoms with Gasteiger partial charge >= 0.3 is 0 Å². The van der Waals surface area contributed by atoms with Crippen LogP contribution in [0.3, 0.4) is 0 Å². The van der Waals surface area contributed by atoms with E-state index >= 15 is 0 Å². The molecule has 0 fully saturated rings. The van der Waals surface area contributed by atoms with Crippen LogP contribution in [-0.4, -0.2) is 22.1 Å². The van der Waals surface area contributed by atoms with Crippen molar-refractivity contribution in [3.8, 4) is 17.0 Å². The van der Waals surface area contributed by atoms with Crippen molar-refractivity contribution >= 4 is 12.2 Å². The molecule has 0 unspecified atom stereocenters. The van der Waals surface area contributed by atoms with Crippen LogP contribution in [0.2, 0.25) is 0 Å². The van der Waals surface area contributed by atoms with Gasteiger partial charge in [0.25, 0.3) is 0 Å². The molecule has 0 bridgehead atoms. The van der Waals surface area contributed by atoms with E-state index < -0.39 is 5.82 Å². The first kappa shape index (κ1) is 10.7. The molecule has 0 radical (unpaired) electrons. The number of methoxy groups -OCH3 is 1. The topological polar surface area (TPSA) is 50.8 Å². The molecule has 0 saturated carbocycles. The summed E-state index contributed by atoms with van der Waals surface area (Å²) in [6, 6.07) is 1.66. The predicted octanol–water partition coefficient (Wildman–Crippen LogP) is 2.35. The van der Waals surface area contributed by atoms with Gasteiger partial charge in [0.15, 0.2) is 10.6 Å². The number of hydrogen-bond donors (Lipinski definition) is 1. The number of ether oxygens (including phenoxy) is 1. The first-order chi connectivity index (χ1) is 7.70. The predicted molar refractivity (Wildman–Crippen MR) is 59.2 cm³/mol. The van der Waals surface area contributed by atoms with Gasteiger partial charge in [0.1, 0.15) is 5.75 Å². The Bertz CT molecular complexity index is 570. The van der Waals surface area contributed by atoms with Crippen LogP contribution in [0.1, 0.15) is 0 Å². The first-order valence-electron chi connectivity index (χ1n) is 4.45.